The van der Waals surface area contributed by atoms with Gasteiger partial charge >= 0.3 is 5.69 Å². The van der Waals surface area contributed by atoms with E-state index in [1.165, 1.54) is 4.40 Å². The number of aliphatic hydroxyl groups is 1. The normalized spacial score (nSPS) is 12.2. The molecule has 3 aromatic rings. The van der Waals surface area contributed by atoms with Gasteiger partial charge in [0.05, 0.1) is 6.10 Å². The number of aliphatic hydroxyl groups excluding tert-OH is 1. The van der Waals surface area contributed by atoms with Crippen LogP contribution in [-0.4, -0.2) is 31.7 Å². The summed E-state index contributed by atoms with van der Waals surface area (Å²) in [4.78, 5) is 24.1. The maximum absolute atomic E-state index is 12.1. The third kappa shape index (κ3) is 3.32. The molecule has 0 spiro atoms. The molecule has 0 aliphatic heterocycles. The molecule has 1 atom stereocenters. The lowest BCUT2D eigenvalue weighted by molar-refractivity contribution is -0.122. The highest BCUT2D eigenvalue weighted by Gasteiger charge is 2.14. The Kier molecular flexibility index (Phi) is 4.64. The lowest BCUT2D eigenvalue weighted by Crippen LogP contribution is -2.35. The van der Waals surface area contributed by atoms with Crippen LogP contribution in [0, 0.1) is 0 Å². The summed E-state index contributed by atoms with van der Waals surface area (Å²) < 4.78 is 2.43. The van der Waals surface area contributed by atoms with E-state index in [1.54, 1.807) is 48.7 Å². The number of hydrogen-bond donors (Lipinski definition) is 2. The number of rotatable bonds is 5. The summed E-state index contributed by atoms with van der Waals surface area (Å²) in [5, 5.41) is 17.2. The first-order chi connectivity index (χ1) is 11.6. The Hall–Kier alpha value is -2.64. The van der Waals surface area contributed by atoms with Crippen molar-refractivity contribution >= 4 is 23.2 Å². The SMILES string of the molecule is O=C(Cn1nc2ccccn2c1=O)NCC(O)c1ccccc1Cl. The molecule has 124 valence electrons. The summed E-state index contributed by atoms with van der Waals surface area (Å²) in [7, 11) is 0. The molecule has 0 saturated carbocycles. The molecular formula is C16H15ClN4O3. The Balaban J connectivity index is 1.64. The van der Waals surface area contributed by atoms with Gasteiger partial charge in [-0.05, 0) is 18.2 Å². The second kappa shape index (κ2) is 6.86. The highest BCUT2D eigenvalue weighted by Crippen LogP contribution is 2.21. The minimum absolute atomic E-state index is 0.00924. The van der Waals surface area contributed by atoms with Gasteiger partial charge in [-0.1, -0.05) is 35.9 Å². The third-order valence-electron chi connectivity index (χ3n) is 3.54. The first-order valence-electron chi connectivity index (χ1n) is 7.29. The van der Waals surface area contributed by atoms with Crippen molar-refractivity contribution in [2.75, 3.05) is 6.54 Å². The molecule has 2 aromatic heterocycles. The molecule has 2 N–H and O–H groups in total. The fourth-order valence-corrected chi connectivity index (χ4v) is 2.59. The number of carbonyl (C=O) groups excluding carboxylic acids is 1. The molecule has 0 saturated heterocycles. The number of halogens is 1. The van der Waals surface area contributed by atoms with Crippen molar-refractivity contribution in [2.24, 2.45) is 0 Å². The fraction of sp³-hybridized carbons (Fsp3) is 0.188. The summed E-state index contributed by atoms with van der Waals surface area (Å²) in [5.41, 5.74) is 0.600. The second-order valence-corrected chi connectivity index (χ2v) is 5.62. The van der Waals surface area contributed by atoms with Crippen LogP contribution < -0.4 is 11.0 Å². The molecule has 8 heteroatoms. The average molecular weight is 347 g/mol. The van der Waals surface area contributed by atoms with Crippen molar-refractivity contribution in [3.63, 3.8) is 0 Å². The van der Waals surface area contributed by atoms with Crippen LogP contribution in [0.2, 0.25) is 5.02 Å². The second-order valence-electron chi connectivity index (χ2n) is 5.21. The summed E-state index contributed by atoms with van der Waals surface area (Å²) in [6, 6.07) is 12.0. The number of carbonyl (C=O) groups is 1. The predicted octanol–water partition coefficient (Wildman–Crippen LogP) is 0.999. The van der Waals surface area contributed by atoms with E-state index in [0.29, 0.717) is 16.2 Å². The Morgan fingerprint density at radius 2 is 2.00 bits per heavy atom. The van der Waals surface area contributed by atoms with E-state index in [9.17, 15) is 14.7 Å². The number of fused-ring (bicyclic) bond motifs is 1. The van der Waals surface area contributed by atoms with Gasteiger partial charge in [-0.15, -0.1) is 5.10 Å². The molecule has 0 radical (unpaired) electrons. The molecule has 0 bridgehead atoms. The minimum atomic E-state index is -0.930. The number of nitrogens with one attached hydrogen (secondary N) is 1. The maximum atomic E-state index is 12.1. The molecule has 1 aromatic carbocycles. The Bertz CT molecular complexity index is 934. The molecular weight excluding hydrogens is 332 g/mol. The number of benzene rings is 1. The summed E-state index contributed by atoms with van der Waals surface area (Å²) in [5.74, 6) is -0.424. The van der Waals surface area contributed by atoms with Crippen LogP contribution in [0.5, 0.6) is 0 Å². The van der Waals surface area contributed by atoms with E-state index < -0.39 is 17.7 Å². The van der Waals surface area contributed by atoms with Crippen molar-refractivity contribution < 1.29 is 9.90 Å². The highest BCUT2D eigenvalue weighted by atomic mass is 35.5. The average Bonchev–Trinajstić information content (AvgIpc) is 2.89. The Morgan fingerprint density at radius 1 is 1.25 bits per heavy atom. The highest BCUT2D eigenvalue weighted by molar-refractivity contribution is 6.31. The van der Waals surface area contributed by atoms with Crippen molar-refractivity contribution in [1.82, 2.24) is 19.5 Å². The lowest BCUT2D eigenvalue weighted by Gasteiger charge is -2.13. The predicted molar refractivity (Wildman–Crippen MR) is 88.9 cm³/mol. The number of amides is 1. The standard InChI is InChI=1S/C16H15ClN4O3/c17-12-6-2-1-5-11(12)13(22)9-18-15(23)10-21-16(24)20-8-4-3-7-14(20)19-21/h1-8,13,22H,9-10H2,(H,18,23). The zero-order valence-electron chi connectivity index (χ0n) is 12.6. The van der Waals surface area contributed by atoms with E-state index in [2.05, 4.69) is 10.4 Å². The molecule has 7 nitrogen and oxygen atoms in total. The van der Waals surface area contributed by atoms with E-state index >= 15 is 0 Å². The van der Waals surface area contributed by atoms with Gasteiger partial charge in [-0.25, -0.2) is 9.48 Å². The monoisotopic (exact) mass is 346 g/mol. The van der Waals surface area contributed by atoms with Gasteiger partial charge in [0.2, 0.25) is 5.91 Å². The van der Waals surface area contributed by atoms with Gasteiger partial charge in [-0.3, -0.25) is 9.20 Å². The van der Waals surface area contributed by atoms with Crippen molar-refractivity contribution in [2.45, 2.75) is 12.6 Å². The van der Waals surface area contributed by atoms with Crippen LogP contribution in [-0.2, 0) is 11.3 Å². The van der Waals surface area contributed by atoms with Crippen molar-refractivity contribution in [1.29, 1.82) is 0 Å². The maximum Gasteiger partial charge on any atom is 0.350 e. The topological polar surface area (TPSA) is 88.6 Å². The minimum Gasteiger partial charge on any atom is -0.387 e. The third-order valence-corrected chi connectivity index (χ3v) is 3.88. The molecule has 1 amide bonds. The summed E-state index contributed by atoms with van der Waals surface area (Å²) in [6.07, 6.45) is 0.653. The molecule has 3 rings (SSSR count). The van der Waals surface area contributed by atoms with Crippen LogP contribution in [0.4, 0.5) is 0 Å². The van der Waals surface area contributed by atoms with Crippen LogP contribution in [0.1, 0.15) is 11.7 Å². The summed E-state index contributed by atoms with van der Waals surface area (Å²) >= 11 is 6.00. The quantitative estimate of drug-likeness (QED) is 0.721. The van der Waals surface area contributed by atoms with E-state index in [-0.39, 0.29) is 13.1 Å². The van der Waals surface area contributed by atoms with Crippen LogP contribution in [0.25, 0.3) is 5.65 Å². The van der Waals surface area contributed by atoms with Gasteiger partial charge in [0.15, 0.2) is 5.65 Å². The molecule has 0 fully saturated rings. The van der Waals surface area contributed by atoms with Gasteiger partial charge < -0.3 is 10.4 Å². The first kappa shape index (κ1) is 16.2. The molecule has 2 heterocycles. The smallest absolute Gasteiger partial charge is 0.350 e. The van der Waals surface area contributed by atoms with E-state index in [0.717, 1.165) is 4.68 Å². The Morgan fingerprint density at radius 3 is 2.75 bits per heavy atom. The molecule has 1 unspecified atom stereocenters. The van der Waals surface area contributed by atoms with Gasteiger partial charge in [0.25, 0.3) is 0 Å². The molecule has 0 aliphatic carbocycles. The van der Waals surface area contributed by atoms with Crippen molar-refractivity contribution in [3.05, 3.63) is 69.7 Å². The van der Waals surface area contributed by atoms with Crippen LogP contribution >= 0.6 is 11.6 Å². The summed E-state index contributed by atoms with van der Waals surface area (Å²) in [6.45, 7) is -0.236. The first-order valence-corrected chi connectivity index (χ1v) is 7.67. The lowest BCUT2D eigenvalue weighted by atomic mass is 10.1. The van der Waals surface area contributed by atoms with Crippen LogP contribution in [0.3, 0.4) is 0 Å². The largest absolute Gasteiger partial charge is 0.387 e. The molecule has 0 aliphatic rings. The van der Waals surface area contributed by atoms with Gasteiger partial charge in [0.1, 0.15) is 6.54 Å². The van der Waals surface area contributed by atoms with E-state index in [4.69, 9.17) is 11.6 Å². The zero-order chi connectivity index (χ0) is 17.1. The number of pyridine rings is 1. The molecule has 24 heavy (non-hydrogen) atoms. The zero-order valence-corrected chi connectivity index (χ0v) is 13.3. The number of aromatic nitrogens is 3. The number of nitrogens with zero attached hydrogens (tertiary/aromatic N) is 3. The number of hydrogen-bond acceptors (Lipinski definition) is 4. The van der Waals surface area contributed by atoms with Gasteiger partial charge in [-0.2, -0.15) is 0 Å². The fourth-order valence-electron chi connectivity index (χ4n) is 2.33. The van der Waals surface area contributed by atoms with E-state index in [1.807, 2.05) is 0 Å². The van der Waals surface area contributed by atoms with Gasteiger partial charge in [0, 0.05) is 23.3 Å². The van der Waals surface area contributed by atoms with Crippen molar-refractivity contribution in [3.8, 4) is 0 Å². The van der Waals surface area contributed by atoms with Crippen LogP contribution in [0.15, 0.2) is 53.5 Å². The Labute approximate surface area is 142 Å².